The maximum atomic E-state index is 10.5. The molecule has 0 unspecified atom stereocenters. The second kappa shape index (κ2) is 5.89. The molecule has 5 rings (SSSR count). The first kappa shape index (κ1) is 15.0. The lowest BCUT2D eigenvalue weighted by atomic mass is 9.98. The van der Waals surface area contributed by atoms with Gasteiger partial charge in [0, 0.05) is 42.5 Å². The van der Waals surface area contributed by atoms with Crippen molar-refractivity contribution >= 4 is 5.65 Å². The second-order valence-corrected chi connectivity index (χ2v) is 6.38. The van der Waals surface area contributed by atoms with Gasteiger partial charge in [-0.3, -0.25) is 0 Å². The van der Waals surface area contributed by atoms with Crippen molar-refractivity contribution in [3.05, 3.63) is 60.6 Å². The first-order valence-electron chi connectivity index (χ1n) is 8.46. The molecule has 0 radical (unpaired) electrons. The molecule has 128 valence electrons. The number of aromatic nitrogens is 5. The molecule has 0 aliphatic carbocycles. The number of rotatable bonds is 3. The highest BCUT2D eigenvalue weighted by atomic mass is 16.3. The Kier molecular flexibility index (Phi) is 3.39. The summed E-state index contributed by atoms with van der Waals surface area (Å²) < 4.78 is 1.71. The molecule has 1 aliphatic rings. The fourth-order valence-electron chi connectivity index (χ4n) is 3.08. The van der Waals surface area contributed by atoms with E-state index in [1.165, 1.54) is 0 Å². The van der Waals surface area contributed by atoms with Crippen LogP contribution in [0, 0.1) is 0 Å². The Bertz CT molecular complexity index is 1080. The number of hydrogen-bond donors (Lipinski definition) is 2. The number of imidazole rings is 1. The molecule has 1 aromatic carbocycles. The summed E-state index contributed by atoms with van der Waals surface area (Å²) >= 11 is 0. The lowest BCUT2D eigenvalue weighted by molar-refractivity contribution is 0.436. The van der Waals surface area contributed by atoms with E-state index in [-0.39, 0.29) is 5.75 Å². The first-order chi connectivity index (χ1) is 12.8. The quantitative estimate of drug-likeness (QED) is 0.593. The minimum absolute atomic E-state index is 0.155. The molecule has 3 aromatic heterocycles. The highest BCUT2D eigenvalue weighted by Gasteiger charge is 2.20. The van der Waals surface area contributed by atoms with E-state index in [9.17, 15) is 5.11 Å². The number of fused-ring (bicyclic) bond motifs is 1. The fraction of sp³-hybridized carbons (Fsp3) is 0.158. The zero-order valence-corrected chi connectivity index (χ0v) is 13.9. The first-order valence-corrected chi connectivity index (χ1v) is 8.46. The zero-order valence-electron chi connectivity index (χ0n) is 13.9. The van der Waals surface area contributed by atoms with Crippen molar-refractivity contribution in [3.63, 3.8) is 0 Å². The van der Waals surface area contributed by atoms with E-state index in [1.54, 1.807) is 23.0 Å². The molecule has 1 aliphatic heterocycles. The lowest BCUT2D eigenvalue weighted by Gasteiger charge is -2.25. The highest BCUT2D eigenvalue weighted by molar-refractivity contribution is 5.73. The van der Waals surface area contributed by atoms with Gasteiger partial charge in [0.25, 0.3) is 0 Å². The molecule has 4 heterocycles. The van der Waals surface area contributed by atoms with Crippen LogP contribution in [0.4, 0.5) is 0 Å². The maximum absolute atomic E-state index is 10.5. The third-order valence-electron chi connectivity index (χ3n) is 4.71. The molecular formula is C19H16N6O. The average Bonchev–Trinajstić information content (AvgIpc) is 3.09. The Morgan fingerprint density at radius 3 is 2.62 bits per heavy atom. The molecule has 0 spiro atoms. The third-order valence-corrected chi connectivity index (χ3v) is 4.71. The lowest BCUT2D eigenvalue weighted by Crippen LogP contribution is -2.40. The minimum atomic E-state index is 0.155. The molecule has 0 bridgehead atoms. The minimum Gasteiger partial charge on any atom is -0.507 e. The Hall–Kier alpha value is -3.32. The summed E-state index contributed by atoms with van der Waals surface area (Å²) in [5.74, 6) is 0.596. The van der Waals surface area contributed by atoms with E-state index in [4.69, 9.17) is 0 Å². The van der Waals surface area contributed by atoms with Gasteiger partial charge in [0.15, 0.2) is 5.65 Å². The third kappa shape index (κ3) is 2.49. The molecule has 0 amide bonds. The van der Waals surface area contributed by atoms with E-state index in [1.807, 2.05) is 36.4 Å². The Morgan fingerprint density at radius 1 is 1.00 bits per heavy atom. The smallest absolute Gasteiger partial charge is 0.153 e. The van der Waals surface area contributed by atoms with E-state index in [2.05, 4.69) is 25.6 Å². The molecule has 7 nitrogen and oxygen atoms in total. The fourth-order valence-corrected chi connectivity index (χ4v) is 3.08. The number of phenolic OH excluding ortho intramolecular Hbond substituents is 1. The summed E-state index contributed by atoms with van der Waals surface area (Å²) in [6.07, 6.45) is 3.50. The maximum Gasteiger partial charge on any atom is 0.153 e. The van der Waals surface area contributed by atoms with Gasteiger partial charge in [-0.2, -0.15) is 15.3 Å². The summed E-state index contributed by atoms with van der Waals surface area (Å²) in [6.45, 7) is 1.89. The van der Waals surface area contributed by atoms with Crippen LogP contribution in [0.1, 0.15) is 11.6 Å². The van der Waals surface area contributed by atoms with Crippen molar-refractivity contribution in [2.45, 2.75) is 5.92 Å². The van der Waals surface area contributed by atoms with Gasteiger partial charge in [-0.05, 0) is 36.4 Å². The van der Waals surface area contributed by atoms with Crippen LogP contribution >= 0.6 is 0 Å². The molecular weight excluding hydrogens is 328 g/mol. The van der Waals surface area contributed by atoms with Crippen LogP contribution in [0.25, 0.3) is 28.2 Å². The molecule has 7 heteroatoms. The van der Waals surface area contributed by atoms with Crippen molar-refractivity contribution in [2.24, 2.45) is 0 Å². The molecule has 0 atom stereocenters. The van der Waals surface area contributed by atoms with E-state index in [0.717, 1.165) is 35.7 Å². The molecule has 2 N–H and O–H groups in total. The van der Waals surface area contributed by atoms with Crippen LogP contribution in [0.2, 0.25) is 0 Å². The van der Waals surface area contributed by atoms with Gasteiger partial charge in [-0.25, -0.2) is 9.50 Å². The SMILES string of the molecule is Oc1cc(-c2ccc3nccn3n2)ccc1-c1ccc(C2CNC2)nn1. The number of phenols is 1. The summed E-state index contributed by atoms with van der Waals surface area (Å²) in [5, 5.41) is 26.8. The van der Waals surface area contributed by atoms with Crippen molar-refractivity contribution in [1.29, 1.82) is 0 Å². The van der Waals surface area contributed by atoms with Crippen molar-refractivity contribution in [1.82, 2.24) is 30.1 Å². The predicted octanol–water partition coefficient (Wildman–Crippen LogP) is 2.25. The van der Waals surface area contributed by atoms with Gasteiger partial charge >= 0.3 is 0 Å². The van der Waals surface area contributed by atoms with Gasteiger partial charge in [0.1, 0.15) is 5.75 Å². The van der Waals surface area contributed by atoms with Gasteiger partial charge in [0.05, 0.1) is 17.1 Å². The number of aromatic hydroxyl groups is 1. The van der Waals surface area contributed by atoms with Crippen LogP contribution in [-0.4, -0.2) is 43.0 Å². The van der Waals surface area contributed by atoms with Gasteiger partial charge in [0.2, 0.25) is 0 Å². The summed E-state index contributed by atoms with van der Waals surface area (Å²) in [6, 6.07) is 13.1. The van der Waals surface area contributed by atoms with Crippen LogP contribution in [0.3, 0.4) is 0 Å². The second-order valence-electron chi connectivity index (χ2n) is 6.38. The summed E-state index contributed by atoms with van der Waals surface area (Å²) in [4.78, 5) is 4.19. The van der Waals surface area contributed by atoms with Crippen molar-refractivity contribution in [3.8, 4) is 28.3 Å². The Morgan fingerprint density at radius 2 is 1.88 bits per heavy atom. The van der Waals surface area contributed by atoms with E-state index in [0.29, 0.717) is 17.2 Å². The Labute approximate surface area is 149 Å². The van der Waals surface area contributed by atoms with Gasteiger partial charge in [-0.1, -0.05) is 6.07 Å². The highest BCUT2D eigenvalue weighted by Crippen LogP contribution is 2.32. The molecule has 26 heavy (non-hydrogen) atoms. The number of hydrogen-bond acceptors (Lipinski definition) is 6. The predicted molar refractivity (Wildman–Crippen MR) is 96.7 cm³/mol. The van der Waals surface area contributed by atoms with Crippen molar-refractivity contribution in [2.75, 3.05) is 13.1 Å². The number of nitrogens with one attached hydrogen (secondary N) is 1. The van der Waals surface area contributed by atoms with Crippen molar-refractivity contribution < 1.29 is 5.11 Å². The standard InChI is InChI=1S/C19H16N6O/c26-18-9-12(16-5-6-19-21-7-8-25(19)24-16)1-2-14(18)17-4-3-15(22-23-17)13-10-20-11-13/h1-9,13,20,26H,10-11H2. The monoisotopic (exact) mass is 344 g/mol. The van der Waals surface area contributed by atoms with Crippen LogP contribution in [-0.2, 0) is 0 Å². The average molecular weight is 344 g/mol. The zero-order chi connectivity index (χ0) is 17.5. The largest absolute Gasteiger partial charge is 0.507 e. The molecule has 4 aromatic rings. The van der Waals surface area contributed by atoms with Crippen LogP contribution in [0.15, 0.2) is 54.9 Å². The summed E-state index contributed by atoms with van der Waals surface area (Å²) in [7, 11) is 0. The normalized spacial score (nSPS) is 14.5. The molecule has 0 saturated carbocycles. The van der Waals surface area contributed by atoms with E-state index < -0.39 is 0 Å². The van der Waals surface area contributed by atoms with Gasteiger partial charge < -0.3 is 10.4 Å². The molecule has 1 saturated heterocycles. The topological polar surface area (TPSA) is 88.2 Å². The van der Waals surface area contributed by atoms with Crippen LogP contribution < -0.4 is 5.32 Å². The summed E-state index contributed by atoms with van der Waals surface area (Å²) in [5.41, 5.74) is 4.67. The van der Waals surface area contributed by atoms with Gasteiger partial charge in [-0.15, -0.1) is 0 Å². The molecule has 1 fully saturated rings. The number of nitrogens with zero attached hydrogens (tertiary/aromatic N) is 5. The Balaban J connectivity index is 1.47. The van der Waals surface area contributed by atoms with E-state index >= 15 is 0 Å². The van der Waals surface area contributed by atoms with Crippen LogP contribution in [0.5, 0.6) is 5.75 Å². The number of benzene rings is 1.